The van der Waals surface area contributed by atoms with Crippen molar-refractivity contribution in [1.82, 2.24) is 20.3 Å². The van der Waals surface area contributed by atoms with E-state index in [4.69, 9.17) is 0 Å². The largest absolute Gasteiger partial charge is 0.357 e. The first-order valence-electron chi connectivity index (χ1n) is 7.38. The maximum atomic E-state index is 11.4. The lowest BCUT2D eigenvalue weighted by Crippen LogP contribution is -2.31. The normalized spacial score (nSPS) is 15.4. The number of nitrogens with one attached hydrogen (secondary N) is 2. The third kappa shape index (κ3) is 3.71. The Balaban J connectivity index is 2.29. The van der Waals surface area contributed by atoms with Crippen molar-refractivity contribution in [3.05, 3.63) is 0 Å². The summed E-state index contributed by atoms with van der Waals surface area (Å²) in [6.45, 7) is 7.75. The van der Waals surface area contributed by atoms with Crippen LogP contribution < -0.4 is 20.4 Å². The summed E-state index contributed by atoms with van der Waals surface area (Å²) in [5.74, 6) is 1.90. The number of hydrogen-bond donors (Lipinski definition) is 2. The quantitative estimate of drug-likeness (QED) is 0.795. The van der Waals surface area contributed by atoms with Gasteiger partial charge in [0.25, 0.3) is 0 Å². The number of anilines is 3. The fraction of sp³-hybridized carbons (Fsp3) is 0.692. The van der Waals surface area contributed by atoms with Crippen LogP contribution in [0.5, 0.6) is 0 Å². The van der Waals surface area contributed by atoms with E-state index in [1.54, 1.807) is 7.05 Å². The first kappa shape index (κ1) is 15.3. The Morgan fingerprint density at radius 1 is 1.24 bits per heavy atom. The second-order valence-corrected chi connectivity index (χ2v) is 4.77. The number of rotatable bonds is 5. The highest BCUT2D eigenvalue weighted by Gasteiger charge is 2.19. The van der Waals surface area contributed by atoms with Gasteiger partial charge in [-0.3, -0.25) is 4.79 Å². The van der Waals surface area contributed by atoms with Crippen LogP contribution in [0.25, 0.3) is 0 Å². The average Bonchev–Trinajstić information content (AvgIpc) is 2.73. The van der Waals surface area contributed by atoms with Gasteiger partial charge >= 0.3 is 0 Å². The molecule has 1 fully saturated rings. The molecule has 1 saturated heterocycles. The van der Waals surface area contributed by atoms with Crippen molar-refractivity contribution in [2.24, 2.45) is 0 Å². The summed E-state index contributed by atoms with van der Waals surface area (Å²) in [4.78, 5) is 28.9. The van der Waals surface area contributed by atoms with Crippen molar-refractivity contribution in [3.63, 3.8) is 0 Å². The molecule has 1 aliphatic rings. The van der Waals surface area contributed by atoms with Crippen molar-refractivity contribution in [1.29, 1.82) is 0 Å². The van der Waals surface area contributed by atoms with Gasteiger partial charge in [-0.05, 0) is 13.8 Å². The molecular weight excluding hydrogens is 270 g/mol. The standard InChI is InChI=1S/C13H23N7O/c1-4-19(5-2)12-16-11(14-3)17-13(18-12)20-8-6-10(21)15-7-9-20/h4-9H2,1-3H3,(H,15,21)(H,14,16,17,18). The fourth-order valence-electron chi connectivity index (χ4n) is 2.22. The highest BCUT2D eigenvalue weighted by Crippen LogP contribution is 2.17. The molecule has 0 radical (unpaired) electrons. The zero-order chi connectivity index (χ0) is 15.2. The van der Waals surface area contributed by atoms with Crippen LogP contribution in [-0.4, -0.2) is 60.6 Å². The van der Waals surface area contributed by atoms with Crippen LogP contribution in [0.3, 0.4) is 0 Å². The number of amides is 1. The molecule has 0 spiro atoms. The Morgan fingerprint density at radius 2 is 2.00 bits per heavy atom. The van der Waals surface area contributed by atoms with Crippen molar-refractivity contribution in [2.75, 3.05) is 54.9 Å². The van der Waals surface area contributed by atoms with Crippen LogP contribution in [0.15, 0.2) is 0 Å². The highest BCUT2D eigenvalue weighted by atomic mass is 16.1. The molecule has 21 heavy (non-hydrogen) atoms. The van der Waals surface area contributed by atoms with E-state index in [1.165, 1.54) is 0 Å². The molecule has 1 aliphatic heterocycles. The van der Waals surface area contributed by atoms with Gasteiger partial charge in [0.05, 0.1) is 0 Å². The monoisotopic (exact) mass is 293 g/mol. The van der Waals surface area contributed by atoms with Crippen molar-refractivity contribution in [2.45, 2.75) is 20.3 Å². The molecule has 0 aliphatic carbocycles. The molecule has 116 valence electrons. The molecule has 2 rings (SSSR count). The zero-order valence-electron chi connectivity index (χ0n) is 12.9. The molecule has 0 bridgehead atoms. The van der Waals surface area contributed by atoms with Gasteiger partial charge in [-0.2, -0.15) is 15.0 Å². The lowest BCUT2D eigenvalue weighted by atomic mass is 10.4. The maximum Gasteiger partial charge on any atom is 0.232 e. The van der Waals surface area contributed by atoms with Crippen LogP contribution in [0, 0.1) is 0 Å². The van der Waals surface area contributed by atoms with Gasteiger partial charge in [-0.1, -0.05) is 0 Å². The van der Waals surface area contributed by atoms with E-state index in [0.717, 1.165) is 13.1 Å². The van der Waals surface area contributed by atoms with Gasteiger partial charge in [0.2, 0.25) is 23.8 Å². The van der Waals surface area contributed by atoms with Crippen LogP contribution in [0.2, 0.25) is 0 Å². The van der Waals surface area contributed by atoms with Gasteiger partial charge in [0.1, 0.15) is 0 Å². The molecule has 1 aromatic heterocycles. The summed E-state index contributed by atoms with van der Waals surface area (Å²) in [5.41, 5.74) is 0. The molecule has 8 nitrogen and oxygen atoms in total. The van der Waals surface area contributed by atoms with E-state index in [1.807, 2.05) is 4.90 Å². The third-order valence-electron chi connectivity index (χ3n) is 3.48. The molecule has 0 aromatic carbocycles. The molecule has 0 unspecified atom stereocenters. The van der Waals surface area contributed by atoms with Crippen LogP contribution in [0.1, 0.15) is 20.3 Å². The van der Waals surface area contributed by atoms with E-state index in [-0.39, 0.29) is 5.91 Å². The first-order chi connectivity index (χ1) is 10.2. The summed E-state index contributed by atoms with van der Waals surface area (Å²) < 4.78 is 0. The van der Waals surface area contributed by atoms with E-state index in [2.05, 4.69) is 44.3 Å². The molecule has 2 heterocycles. The Labute approximate surface area is 125 Å². The molecular formula is C13H23N7O. The second-order valence-electron chi connectivity index (χ2n) is 4.77. The van der Waals surface area contributed by atoms with Crippen molar-refractivity contribution in [3.8, 4) is 0 Å². The maximum absolute atomic E-state index is 11.4. The second kappa shape index (κ2) is 7.05. The van der Waals surface area contributed by atoms with E-state index >= 15 is 0 Å². The molecule has 1 aromatic rings. The minimum atomic E-state index is 0.0735. The number of nitrogens with zero attached hydrogens (tertiary/aromatic N) is 5. The van der Waals surface area contributed by atoms with Gasteiger partial charge in [-0.25, -0.2) is 0 Å². The topological polar surface area (TPSA) is 86.3 Å². The number of aromatic nitrogens is 3. The Morgan fingerprint density at radius 3 is 2.67 bits per heavy atom. The molecule has 0 saturated carbocycles. The smallest absolute Gasteiger partial charge is 0.232 e. The predicted octanol–water partition coefficient (Wildman–Crippen LogP) is 0.0858. The summed E-state index contributed by atoms with van der Waals surface area (Å²) in [6, 6.07) is 0. The zero-order valence-corrected chi connectivity index (χ0v) is 12.9. The van der Waals surface area contributed by atoms with Crippen LogP contribution >= 0.6 is 0 Å². The molecule has 2 N–H and O–H groups in total. The van der Waals surface area contributed by atoms with Gasteiger partial charge in [-0.15, -0.1) is 0 Å². The Kier molecular flexibility index (Phi) is 5.13. The summed E-state index contributed by atoms with van der Waals surface area (Å²) in [7, 11) is 1.79. The van der Waals surface area contributed by atoms with Gasteiger partial charge in [0, 0.05) is 46.2 Å². The fourth-order valence-corrected chi connectivity index (χ4v) is 2.22. The predicted molar refractivity (Wildman–Crippen MR) is 82.8 cm³/mol. The van der Waals surface area contributed by atoms with Crippen LogP contribution in [0.4, 0.5) is 17.8 Å². The number of carbonyl (C=O) groups is 1. The van der Waals surface area contributed by atoms with E-state index < -0.39 is 0 Å². The summed E-state index contributed by atoms with van der Waals surface area (Å²) >= 11 is 0. The number of carbonyl (C=O) groups excluding carboxylic acids is 1. The minimum absolute atomic E-state index is 0.0735. The molecule has 8 heteroatoms. The van der Waals surface area contributed by atoms with Crippen molar-refractivity contribution >= 4 is 23.8 Å². The highest BCUT2D eigenvalue weighted by molar-refractivity contribution is 5.77. The third-order valence-corrected chi connectivity index (χ3v) is 3.48. The SMILES string of the molecule is CCN(CC)c1nc(NC)nc(N2CCNC(=O)CC2)n1. The van der Waals surface area contributed by atoms with Gasteiger partial charge in [0.15, 0.2) is 0 Å². The Bertz CT molecular complexity index is 489. The average molecular weight is 293 g/mol. The lowest BCUT2D eigenvalue weighted by Gasteiger charge is -2.23. The summed E-state index contributed by atoms with van der Waals surface area (Å²) in [5, 5.41) is 5.83. The summed E-state index contributed by atoms with van der Waals surface area (Å²) in [6.07, 6.45) is 0.459. The first-order valence-corrected chi connectivity index (χ1v) is 7.38. The van der Waals surface area contributed by atoms with Crippen LogP contribution in [-0.2, 0) is 4.79 Å². The molecule has 1 amide bonds. The van der Waals surface area contributed by atoms with E-state index in [0.29, 0.717) is 43.9 Å². The van der Waals surface area contributed by atoms with Crippen molar-refractivity contribution < 1.29 is 4.79 Å². The molecule has 0 atom stereocenters. The van der Waals surface area contributed by atoms with E-state index in [9.17, 15) is 4.79 Å². The minimum Gasteiger partial charge on any atom is -0.357 e. The number of hydrogen-bond acceptors (Lipinski definition) is 7. The lowest BCUT2D eigenvalue weighted by molar-refractivity contribution is -0.120. The Hall–Kier alpha value is -2.12. The van der Waals surface area contributed by atoms with Gasteiger partial charge < -0.3 is 20.4 Å².